The van der Waals surface area contributed by atoms with Gasteiger partial charge in [0, 0.05) is 28.3 Å². The topological polar surface area (TPSA) is 88.4 Å². The van der Waals surface area contributed by atoms with Gasteiger partial charge in [0.15, 0.2) is 5.78 Å². The van der Waals surface area contributed by atoms with E-state index in [0.717, 1.165) is 5.56 Å². The van der Waals surface area contributed by atoms with Gasteiger partial charge in [0.2, 0.25) is 0 Å². The molecule has 34 heavy (non-hydrogen) atoms. The van der Waals surface area contributed by atoms with E-state index in [1.165, 1.54) is 0 Å². The van der Waals surface area contributed by atoms with Crippen molar-refractivity contribution in [2.45, 2.75) is 13.1 Å². The Hall–Kier alpha value is -4.16. The molecule has 0 bridgehead atoms. The van der Waals surface area contributed by atoms with E-state index in [2.05, 4.69) is 10.6 Å². The Morgan fingerprint density at radius 3 is 2.18 bits per heavy atom. The van der Waals surface area contributed by atoms with Crippen molar-refractivity contribution in [1.29, 1.82) is 0 Å². The van der Waals surface area contributed by atoms with Crippen molar-refractivity contribution in [1.82, 2.24) is 10.6 Å². The number of carbonyl (C=O) groups is 3. The number of rotatable bonds is 8. The number of benzene rings is 3. The van der Waals surface area contributed by atoms with Crippen LogP contribution in [0.1, 0.15) is 48.0 Å². The van der Waals surface area contributed by atoms with Crippen molar-refractivity contribution in [3.05, 3.63) is 130 Å². The summed E-state index contributed by atoms with van der Waals surface area (Å²) in [6.07, 6.45) is 1.55. The van der Waals surface area contributed by atoms with E-state index in [1.54, 1.807) is 85.1 Å². The van der Waals surface area contributed by atoms with Crippen molar-refractivity contribution < 1.29 is 18.8 Å². The lowest BCUT2D eigenvalue weighted by atomic mass is 9.98. The molecular formula is C27H21ClN2O4. The van der Waals surface area contributed by atoms with Gasteiger partial charge in [-0.2, -0.15) is 0 Å². The van der Waals surface area contributed by atoms with Crippen molar-refractivity contribution in [3.8, 4) is 0 Å². The molecule has 3 aromatic carbocycles. The van der Waals surface area contributed by atoms with Gasteiger partial charge in [-0.1, -0.05) is 41.9 Å². The lowest BCUT2D eigenvalue weighted by molar-refractivity contribution is 0.0938. The summed E-state index contributed by atoms with van der Waals surface area (Å²) in [7, 11) is 0. The first-order valence-corrected chi connectivity index (χ1v) is 11.0. The van der Waals surface area contributed by atoms with E-state index in [4.69, 9.17) is 16.0 Å². The number of halogens is 1. The highest BCUT2D eigenvalue weighted by Gasteiger charge is 2.18. The molecule has 1 aromatic heterocycles. The van der Waals surface area contributed by atoms with Gasteiger partial charge in [-0.05, 0) is 60.2 Å². The summed E-state index contributed by atoms with van der Waals surface area (Å²) in [6.45, 7) is 0.479. The molecule has 2 N–H and O–H groups in total. The Bertz CT molecular complexity index is 1310. The standard InChI is InChI=1S/C27H21ClN2O4/c28-21-12-10-19(11-13-21)25(31)23-8-1-2-9-24(23)27(33)29-16-18-5-3-6-20(15-18)26(32)30-17-22-7-4-14-34-22/h1-15H,16-17H2,(H,29,33)(H,30,32). The maximum Gasteiger partial charge on any atom is 0.252 e. The predicted octanol–water partition coefficient (Wildman–Crippen LogP) is 5.02. The Labute approximate surface area is 201 Å². The van der Waals surface area contributed by atoms with Gasteiger partial charge in [-0.25, -0.2) is 0 Å². The Morgan fingerprint density at radius 2 is 1.44 bits per heavy atom. The van der Waals surface area contributed by atoms with E-state index in [1.807, 2.05) is 6.07 Å². The van der Waals surface area contributed by atoms with Gasteiger partial charge in [0.05, 0.1) is 18.4 Å². The predicted molar refractivity (Wildman–Crippen MR) is 129 cm³/mol. The maximum absolute atomic E-state index is 12.9. The first-order valence-electron chi connectivity index (χ1n) is 10.6. The Kier molecular flexibility index (Phi) is 7.20. The highest BCUT2D eigenvalue weighted by Crippen LogP contribution is 2.17. The van der Waals surface area contributed by atoms with Crippen LogP contribution in [-0.4, -0.2) is 17.6 Å². The maximum atomic E-state index is 12.9. The van der Waals surface area contributed by atoms with Crippen LogP contribution in [0.4, 0.5) is 0 Å². The lowest BCUT2D eigenvalue weighted by Gasteiger charge is -2.11. The molecule has 4 aromatic rings. The van der Waals surface area contributed by atoms with Crippen LogP contribution in [-0.2, 0) is 13.1 Å². The second-order valence-corrected chi connectivity index (χ2v) is 7.96. The van der Waals surface area contributed by atoms with E-state index >= 15 is 0 Å². The summed E-state index contributed by atoms with van der Waals surface area (Å²) in [5.74, 6) is -0.240. The second kappa shape index (κ2) is 10.6. The second-order valence-electron chi connectivity index (χ2n) is 7.53. The number of hydrogen-bond acceptors (Lipinski definition) is 4. The normalized spacial score (nSPS) is 10.5. The molecule has 0 saturated heterocycles. The minimum atomic E-state index is -0.384. The van der Waals surface area contributed by atoms with Crippen LogP contribution in [0.2, 0.25) is 5.02 Å². The van der Waals surface area contributed by atoms with Crippen LogP contribution in [0, 0.1) is 0 Å². The summed E-state index contributed by atoms with van der Waals surface area (Å²) in [5.41, 5.74) is 2.23. The highest BCUT2D eigenvalue weighted by atomic mass is 35.5. The largest absolute Gasteiger partial charge is 0.467 e. The molecule has 170 valence electrons. The fourth-order valence-electron chi connectivity index (χ4n) is 3.42. The van der Waals surface area contributed by atoms with Crippen molar-refractivity contribution in [3.63, 3.8) is 0 Å². The Morgan fingerprint density at radius 1 is 0.706 bits per heavy atom. The molecule has 0 fully saturated rings. The van der Waals surface area contributed by atoms with E-state index < -0.39 is 0 Å². The average Bonchev–Trinajstić information content (AvgIpc) is 3.40. The Balaban J connectivity index is 1.42. The molecule has 4 rings (SSSR count). The third kappa shape index (κ3) is 5.60. The van der Waals surface area contributed by atoms with Crippen molar-refractivity contribution in [2.24, 2.45) is 0 Å². The molecule has 0 saturated carbocycles. The first-order chi connectivity index (χ1) is 16.5. The molecule has 0 unspecified atom stereocenters. The zero-order valence-electron chi connectivity index (χ0n) is 18.1. The van der Waals surface area contributed by atoms with Gasteiger partial charge in [-0.15, -0.1) is 0 Å². The molecule has 0 aliphatic rings. The third-order valence-electron chi connectivity index (χ3n) is 5.17. The van der Waals surface area contributed by atoms with Crippen LogP contribution in [0.25, 0.3) is 0 Å². The van der Waals surface area contributed by atoms with Crippen LogP contribution in [0.15, 0.2) is 95.6 Å². The summed E-state index contributed by atoms with van der Waals surface area (Å²) in [4.78, 5) is 38.3. The first kappa shape index (κ1) is 23.0. The number of ketones is 1. The summed E-state index contributed by atoms with van der Waals surface area (Å²) < 4.78 is 5.22. The summed E-state index contributed by atoms with van der Waals surface area (Å²) in [5, 5.41) is 6.15. The van der Waals surface area contributed by atoms with Crippen LogP contribution in [0.3, 0.4) is 0 Å². The van der Waals surface area contributed by atoms with E-state index in [-0.39, 0.29) is 36.3 Å². The number of carbonyl (C=O) groups excluding carboxylic acids is 3. The highest BCUT2D eigenvalue weighted by molar-refractivity contribution is 6.30. The molecule has 7 heteroatoms. The number of hydrogen-bond donors (Lipinski definition) is 2. The zero-order valence-corrected chi connectivity index (χ0v) is 18.8. The molecule has 0 radical (unpaired) electrons. The minimum Gasteiger partial charge on any atom is -0.467 e. The fraction of sp³-hybridized carbons (Fsp3) is 0.0741. The molecule has 0 aliphatic heterocycles. The lowest BCUT2D eigenvalue weighted by Crippen LogP contribution is -2.26. The minimum absolute atomic E-state index is 0.196. The van der Waals surface area contributed by atoms with Crippen LogP contribution in [0.5, 0.6) is 0 Å². The van der Waals surface area contributed by atoms with Crippen LogP contribution >= 0.6 is 11.6 Å². The molecule has 0 aliphatic carbocycles. The summed E-state index contributed by atoms with van der Waals surface area (Å²) >= 11 is 5.91. The third-order valence-corrected chi connectivity index (χ3v) is 5.42. The number of nitrogens with one attached hydrogen (secondary N) is 2. The van der Waals surface area contributed by atoms with Gasteiger partial charge >= 0.3 is 0 Å². The molecular weight excluding hydrogens is 452 g/mol. The molecule has 0 atom stereocenters. The van der Waals surface area contributed by atoms with Gasteiger partial charge in [0.25, 0.3) is 11.8 Å². The average molecular weight is 473 g/mol. The van der Waals surface area contributed by atoms with Crippen molar-refractivity contribution >= 4 is 29.2 Å². The van der Waals surface area contributed by atoms with Gasteiger partial charge in [-0.3, -0.25) is 14.4 Å². The van der Waals surface area contributed by atoms with Gasteiger partial charge in [0.1, 0.15) is 5.76 Å². The van der Waals surface area contributed by atoms with Crippen molar-refractivity contribution in [2.75, 3.05) is 0 Å². The van der Waals surface area contributed by atoms with Crippen LogP contribution < -0.4 is 10.6 Å². The van der Waals surface area contributed by atoms with E-state index in [9.17, 15) is 14.4 Å². The monoisotopic (exact) mass is 472 g/mol. The SMILES string of the molecule is O=C(NCc1ccco1)c1cccc(CNC(=O)c2ccccc2C(=O)c2ccc(Cl)cc2)c1. The zero-order chi connectivity index (χ0) is 23.9. The molecule has 1 heterocycles. The quantitative estimate of drug-likeness (QED) is 0.352. The van der Waals surface area contributed by atoms with E-state index in [0.29, 0.717) is 27.5 Å². The molecule has 6 nitrogen and oxygen atoms in total. The molecule has 2 amide bonds. The summed E-state index contributed by atoms with van der Waals surface area (Å²) in [6, 6.07) is 23.7. The fourth-order valence-corrected chi connectivity index (χ4v) is 3.54. The smallest absolute Gasteiger partial charge is 0.252 e. The van der Waals surface area contributed by atoms with Gasteiger partial charge < -0.3 is 15.1 Å². The molecule has 0 spiro atoms. The number of amides is 2. The number of furan rings is 1.